The molecule has 0 heterocycles. The van der Waals surface area contributed by atoms with Crippen molar-refractivity contribution in [3.05, 3.63) is 24.8 Å². The van der Waals surface area contributed by atoms with Crippen LogP contribution in [0, 0.1) is 7.14 Å². The van der Waals surface area contributed by atoms with Crippen molar-refractivity contribution >= 4 is 57.1 Å². The van der Waals surface area contributed by atoms with E-state index in [1.807, 2.05) is 22.6 Å². The molecule has 0 spiro atoms. The van der Waals surface area contributed by atoms with Crippen LogP contribution in [-0.4, -0.2) is 45.4 Å². The zero-order valence-electron chi connectivity index (χ0n) is 10.9. The van der Waals surface area contributed by atoms with Gasteiger partial charge in [-0.05, 0) is 64.2 Å². The molecule has 3 N–H and O–H groups in total. The van der Waals surface area contributed by atoms with E-state index in [0.29, 0.717) is 14.1 Å². The van der Waals surface area contributed by atoms with E-state index in [0.717, 1.165) is 0 Å². The number of aliphatic carboxylic acids is 1. The van der Waals surface area contributed by atoms with Crippen molar-refractivity contribution in [3.8, 4) is 5.75 Å². The number of carboxylic acids is 1. The van der Waals surface area contributed by atoms with Gasteiger partial charge in [-0.1, -0.05) is 0 Å². The summed E-state index contributed by atoms with van der Waals surface area (Å²) in [6.07, 6.45) is 0. The SMILES string of the molecule is CC(O)(COC(=O)c1cc(I)cc(I)c1O)C(F)(F)C(=O)O. The van der Waals surface area contributed by atoms with Crippen LogP contribution in [0.25, 0.3) is 0 Å². The predicted molar refractivity (Wildman–Crippen MR) is 87.0 cm³/mol. The van der Waals surface area contributed by atoms with Crippen LogP contribution in [0.15, 0.2) is 12.1 Å². The molecule has 1 aromatic rings. The Labute approximate surface area is 150 Å². The molecule has 0 saturated carbocycles. The number of ether oxygens (including phenoxy) is 1. The van der Waals surface area contributed by atoms with E-state index in [9.17, 15) is 28.6 Å². The first-order valence-electron chi connectivity index (χ1n) is 5.59. The molecule has 6 nitrogen and oxygen atoms in total. The van der Waals surface area contributed by atoms with Crippen LogP contribution in [0.1, 0.15) is 17.3 Å². The van der Waals surface area contributed by atoms with Gasteiger partial charge in [-0.15, -0.1) is 0 Å². The normalized spacial score (nSPS) is 14.3. The number of phenolic OH excluding ortho intramolecular Hbond substituents is 1. The summed E-state index contributed by atoms with van der Waals surface area (Å²) in [5.41, 5.74) is -3.37. The van der Waals surface area contributed by atoms with Crippen LogP contribution in [0.3, 0.4) is 0 Å². The van der Waals surface area contributed by atoms with Crippen molar-refractivity contribution in [2.75, 3.05) is 6.61 Å². The lowest BCUT2D eigenvalue weighted by molar-refractivity contribution is -0.212. The Bertz CT molecular complexity index is 618. The summed E-state index contributed by atoms with van der Waals surface area (Å²) in [4.78, 5) is 22.3. The van der Waals surface area contributed by atoms with Crippen molar-refractivity contribution in [2.24, 2.45) is 0 Å². The van der Waals surface area contributed by atoms with E-state index in [1.54, 1.807) is 28.7 Å². The van der Waals surface area contributed by atoms with Crippen LogP contribution in [0.5, 0.6) is 5.75 Å². The van der Waals surface area contributed by atoms with Crippen LogP contribution < -0.4 is 0 Å². The van der Waals surface area contributed by atoms with Gasteiger partial charge in [-0.2, -0.15) is 8.78 Å². The summed E-state index contributed by atoms with van der Waals surface area (Å²) in [5.74, 6) is -8.60. The number of aromatic hydroxyl groups is 1. The van der Waals surface area contributed by atoms with E-state index in [2.05, 4.69) is 4.74 Å². The number of alkyl halides is 2. The molecule has 0 aliphatic heterocycles. The number of aliphatic hydroxyl groups is 1. The van der Waals surface area contributed by atoms with Crippen molar-refractivity contribution in [1.82, 2.24) is 0 Å². The fraction of sp³-hybridized carbons (Fsp3) is 0.333. The third-order valence-corrected chi connectivity index (χ3v) is 4.12. The van der Waals surface area contributed by atoms with Gasteiger partial charge in [0.1, 0.15) is 17.9 Å². The molecule has 1 aromatic carbocycles. The third-order valence-electron chi connectivity index (χ3n) is 2.68. The Morgan fingerprint density at radius 2 is 1.86 bits per heavy atom. The fourth-order valence-corrected chi connectivity index (χ4v) is 3.17. The molecule has 0 bridgehead atoms. The van der Waals surface area contributed by atoms with Crippen molar-refractivity contribution in [2.45, 2.75) is 18.4 Å². The first-order valence-corrected chi connectivity index (χ1v) is 7.74. The Hall–Kier alpha value is -0.760. The highest BCUT2D eigenvalue weighted by atomic mass is 127. The lowest BCUT2D eigenvalue weighted by atomic mass is 9.99. The molecule has 0 aliphatic carbocycles. The average Bonchev–Trinajstić information content (AvgIpc) is 2.39. The molecule has 10 heteroatoms. The molecule has 0 aliphatic rings. The van der Waals surface area contributed by atoms with Crippen LogP contribution in [0.2, 0.25) is 0 Å². The minimum Gasteiger partial charge on any atom is -0.506 e. The molecule has 0 aromatic heterocycles. The lowest BCUT2D eigenvalue weighted by Crippen LogP contribution is -2.54. The lowest BCUT2D eigenvalue weighted by Gasteiger charge is -2.28. The number of phenols is 1. The van der Waals surface area contributed by atoms with E-state index >= 15 is 0 Å². The minimum absolute atomic E-state index is 0.272. The van der Waals surface area contributed by atoms with Gasteiger partial charge in [0.25, 0.3) is 0 Å². The summed E-state index contributed by atoms with van der Waals surface area (Å²) in [6, 6.07) is 2.84. The van der Waals surface area contributed by atoms with E-state index in [1.165, 1.54) is 6.07 Å². The van der Waals surface area contributed by atoms with Gasteiger partial charge in [0.2, 0.25) is 0 Å². The molecule has 1 unspecified atom stereocenters. The van der Waals surface area contributed by atoms with Gasteiger partial charge >= 0.3 is 17.9 Å². The standard InChI is InChI=1S/C12H10F2I2O6/c1-11(21,12(13,14)10(19)20)4-22-9(18)6-2-5(15)3-7(16)8(6)17/h2-3,17,21H,4H2,1H3,(H,19,20). The van der Waals surface area contributed by atoms with E-state index in [-0.39, 0.29) is 5.56 Å². The summed E-state index contributed by atoms with van der Waals surface area (Å²) in [6.45, 7) is -0.723. The Morgan fingerprint density at radius 1 is 1.32 bits per heavy atom. The monoisotopic (exact) mass is 542 g/mol. The first kappa shape index (κ1) is 19.3. The molecule has 22 heavy (non-hydrogen) atoms. The Morgan fingerprint density at radius 3 is 2.36 bits per heavy atom. The number of halogens is 4. The number of carbonyl (C=O) groups is 2. The Balaban J connectivity index is 2.94. The number of benzene rings is 1. The minimum atomic E-state index is -4.51. The zero-order valence-corrected chi connectivity index (χ0v) is 15.3. The first-order chi connectivity index (χ1) is 9.90. The summed E-state index contributed by atoms with van der Waals surface area (Å²) in [7, 11) is 0. The molecule has 0 saturated heterocycles. The van der Waals surface area contributed by atoms with Crippen LogP contribution in [-0.2, 0) is 9.53 Å². The summed E-state index contributed by atoms with van der Waals surface area (Å²) < 4.78 is 32.0. The zero-order chi connectivity index (χ0) is 17.3. The number of carbonyl (C=O) groups excluding carboxylic acids is 1. The average molecular weight is 542 g/mol. The smallest absolute Gasteiger partial charge is 0.377 e. The van der Waals surface area contributed by atoms with Gasteiger partial charge in [-0.25, -0.2) is 9.59 Å². The maximum atomic E-state index is 13.3. The number of hydrogen-bond donors (Lipinski definition) is 3. The predicted octanol–water partition coefficient (Wildman–Crippen LogP) is 2.23. The van der Waals surface area contributed by atoms with Gasteiger partial charge in [0.05, 0.1) is 3.57 Å². The highest BCUT2D eigenvalue weighted by Crippen LogP contribution is 2.31. The molecular weight excluding hydrogens is 532 g/mol. The van der Waals surface area contributed by atoms with Crippen molar-refractivity contribution in [3.63, 3.8) is 0 Å². The maximum absolute atomic E-state index is 13.3. The second-order valence-electron chi connectivity index (χ2n) is 4.51. The van der Waals surface area contributed by atoms with Crippen LogP contribution in [0.4, 0.5) is 8.78 Å². The van der Waals surface area contributed by atoms with Crippen LogP contribution >= 0.6 is 45.2 Å². The quantitative estimate of drug-likeness (QED) is 0.390. The molecule has 0 amide bonds. The molecule has 1 rings (SSSR count). The fourth-order valence-electron chi connectivity index (χ4n) is 1.33. The van der Waals surface area contributed by atoms with Gasteiger partial charge in [0.15, 0.2) is 5.60 Å². The topological polar surface area (TPSA) is 104 Å². The number of hydrogen-bond acceptors (Lipinski definition) is 5. The van der Waals surface area contributed by atoms with Gasteiger partial charge < -0.3 is 20.1 Å². The van der Waals surface area contributed by atoms with Gasteiger partial charge in [0, 0.05) is 3.57 Å². The third kappa shape index (κ3) is 3.95. The number of esters is 1. The number of carboxylic acid groups (broad SMARTS) is 1. The van der Waals surface area contributed by atoms with E-state index < -0.39 is 35.8 Å². The number of rotatable bonds is 5. The van der Waals surface area contributed by atoms with Gasteiger partial charge in [-0.3, -0.25) is 0 Å². The highest BCUT2D eigenvalue weighted by molar-refractivity contribution is 14.1. The van der Waals surface area contributed by atoms with Crippen molar-refractivity contribution in [1.29, 1.82) is 0 Å². The summed E-state index contributed by atoms with van der Waals surface area (Å²) >= 11 is 3.64. The molecule has 0 fully saturated rings. The second kappa shape index (κ2) is 6.78. The Kier molecular flexibility index (Phi) is 5.94. The summed E-state index contributed by atoms with van der Waals surface area (Å²) in [5, 5.41) is 27.7. The second-order valence-corrected chi connectivity index (χ2v) is 6.92. The highest BCUT2D eigenvalue weighted by Gasteiger charge is 2.56. The molecule has 1 atom stereocenters. The molecule has 0 radical (unpaired) electrons. The largest absolute Gasteiger partial charge is 0.506 e. The molecular formula is C12H10F2I2O6. The molecule has 122 valence electrons. The van der Waals surface area contributed by atoms with Crippen molar-refractivity contribution < 1.29 is 38.4 Å². The van der Waals surface area contributed by atoms with E-state index in [4.69, 9.17) is 5.11 Å². The maximum Gasteiger partial charge on any atom is 0.377 e.